The van der Waals surface area contributed by atoms with Crippen LogP contribution in [-0.2, 0) is 11.2 Å². The van der Waals surface area contributed by atoms with Crippen molar-refractivity contribution in [3.63, 3.8) is 0 Å². The average molecular weight is 272 g/mol. The molecule has 2 nitrogen and oxygen atoms in total. The molecule has 0 spiro atoms. The molecule has 0 bridgehead atoms. The molecule has 2 heteroatoms. The highest BCUT2D eigenvalue weighted by molar-refractivity contribution is 5.75. The topological polar surface area (TPSA) is 37.3 Å². The van der Waals surface area contributed by atoms with Crippen molar-refractivity contribution in [2.45, 2.75) is 57.8 Å². The summed E-state index contributed by atoms with van der Waals surface area (Å²) in [7, 11) is 0. The van der Waals surface area contributed by atoms with Gasteiger partial charge in [0, 0.05) is 0 Å². The Kier molecular flexibility index (Phi) is 3.57. The van der Waals surface area contributed by atoms with Crippen LogP contribution in [0.4, 0.5) is 0 Å². The maximum absolute atomic E-state index is 11.9. The minimum absolute atomic E-state index is 0.446. The lowest BCUT2D eigenvalue weighted by Gasteiger charge is -2.33. The summed E-state index contributed by atoms with van der Waals surface area (Å²) in [5.41, 5.74) is 2.39. The molecule has 2 aliphatic carbocycles. The molecule has 3 atom stereocenters. The first-order valence-corrected chi connectivity index (χ1v) is 7.92. The minimum Gasteiger partial charge on any atom is -0.481 e. The summed E-state index contributed by atoms with van der Waals surface area (Å²) in [5.74, 6) is 0.441. The SMILES string of the molecule is CC1CCC(CC2CCCc3ccccc32)(C(=O)O)C1. The van der Waals surface area contributed by atoms with Crippen LogP contribution in [0.2, 0.25) is 0 Å². The van der Waals surface area contributed by atoms with E-state index in [1.807, 2.05) is 0 Å². The van der Waals surface area contributed by atoms with Gasteiger partial charge in [-0.25, -0.2) is 0 Å². The molecular formula is C18H24O2. The average Bonchev–Trinajstić information content (AvgIpc) is 2.82. The van der Waals surface area contributed by atoms with Crippen molar-refractivity contribution in [1.29, 1.82) is 0 Å². The molecule has 0 aliphatic heterocycles. The number of fused-ring (bicyclic) bond motifs is 1. The first-order chi connectivity index (χ1) is 9.61. The molecule has 0 heterocycles. The van der Waals surface area contributed by atoms with Crippen LogP contribution < -0.4 is 0 Å². The van der Waals surface area contributed by atoms with Crippen LogP contribution in [0.15, 0.2) is 24.3 Å². The smallest absolute Gasteiger partial charge is 0.309 e. The largest absolute Gasteiger partial charge is 0.481 e. The Labute approximate surface area is 121 Å². The summed E-state index contributed by atoms with van der Waals surface area (Å²) in [4.78, 5) is 11.9. The third-order valence-corrected chi connectivity index (χ3v) is 5.44. The highest BCUT2D eigenvalue weighted by Gasteiger charge is 2.45. The molecule has 1 N–H and O–H groups in total. The lowest BCUT2D eigenvalue weighted by molar-refractivity contribution is -0.149. The van der Waals surface area contributed by atoms with E-state index in [9.17, 15) is 9.90 Å². The Balaban J connectivity index is 1.86. The summed E-state index contributed by atoms with van der Waals surface area (Å²) >= 11 is 0. The van der Waals surface area contributed by atoms with Crippen LogP contribution in [0.25, 0.3) is 0 Å². The van der Waals surface area contributed by atoms with Gasteiger partial charge in [-0.15, -0.1) is 0 Å². The van der Waals surface area contributed by atoms with Gasteiger partial charge in [-0.3, -0.25) is 4.79 Å². The molecule has 0 saturated heterocycles. The number of aryl methyl sites for hydroxylation is 1. The third kappa shape index (κ3) is 2.36. The predicted molar refractivity (Wildman–Crippen MR) is 79.8 cm³/mol. The van der Waals surface area contributed by atoms with Gasteiger partial charge in [0.25, 0.3) is 0 Å². The van der Waals surface area contributed by atoms with Gasteiger partial charge in [0.2, 0.25) is 0 Å². The molecule has 1 aromatic carbocycles. The molecule has 2 aliphatic rings. The molecule has 0 aromatic heterocycles. The van der Waals surface area contributed by atoms with Gasteiger partial charge in [-0.1, -0.05) is 31.2 Å². The van der Waals surface area contributed by atoms with E-state index in [0.29, 0.717) is 11.8 Å². The van der Waals surface area contributed by atoms with E-state index in [4.69, 9.17) is 0 Å². The second-order valence-corrected chi connectivity index (χ2v) is 6.93. The van der Waals surface area contributed by atoms with Crippen LogP contribution in [-0.4, -0.2) is 11.1 Å². The number of rotatable bonds is 3. The number of carbonyl (C=O) groups is 1. The maximum Gasteiger partial charge on any atom is 0.309 e. The van der Waals surface area contributed by atoms with E-state index < -0.39 is 11.4 Å². The lowest BCUT2D eigenvalue weighted by Crippen LogP contribution is -2.31. The predicted octanol–water partition coefficient (Wildman–Crippen LogP) is 4.39. The van der Waals surface area contributed by atoms with Crippen LogP contribution in [0.3, 0.4) is 0 Å². The van der Waals surface area contributed by atoms with Crippen molar-refractivity contribution >= 4 is 5.97 Å². The fourth-order valence-electron chi connectivity index (χ4n) is 4.40. The molecule has 0 amide bonds. The first kappa shape index (κ1) is 13.7. The summed E-state index contributed by atoms with van der Waals surface area (Å²) in [6.07, 6.45) is 7.14. The number of carboxylic acid groups (broad SMARTS) is 1. The van der Waals surface area contributed by atoms with E-state index >= 15 is 0 Å². The molecule has 1 fully saturated rings. The summed E-state index contributed by atoms with van der Waals surface area (Å²) in [6, 6.07) is 8.63. The lowest BCUT2D eigenvalue weighted by atomic mass is 9.71. The van der Waals surface area contributed by atoms with Gasteiger partial charge in [-0.2, -0.15) is 0 Å². The van der Waals surface area contributed by atoms with Crippen molar-refractivity contribution in [3.05, 3.63) is 35.4 Å². The number of aliphatic carboxylic acids is 1. The van der Waals surface area contributed by atoms with Gasteiger partial charge in [0.1, 0.15) is 0 Å². The summed E-state index contributed by atoms with van der Waals surface area (Å²) in [5, 5.41) is 9.76. The maximum atomic E-state index is 11.9. The van der Waals surface area contributed by atoms with Crippen LogP contribution >= 0.6 is 0 Å². The monoisotopic (exact) mass is 272 g/mol. The standard InChI is InChI=1S/C18H24O2/c1-13-9-10-18(11-13,17(19)20)12-15-7-4-6-14-5-2-3-8-16(14)15/h2-3,5,8,13,15H,4,6-7,9-12H2,1H3,(H,19,20). The van der Waals surface area contributed by atoms with Crippen LogP contribution in [0, 0.1) is 11.3 Å². The number of carboxylic acids is 1. The molecule has 20 heavy (non-hydrogen) atoms. The van der Waals surface area contributed by atoms with E-state index in [1.54, 1.807) is 0 Å². The van der Waals surface area contributed by atoms with E-state index in [0.717, 1.165) is 38.5 Å². The Hall–Kier alpha value is -1.31. The van der Waals surface area contributed by atoms with Gasteiger partial charge in [-0.05, 0) is 67.9 Å². The fraction of sp³-hybridized carbons (Fsp3) is 0.611. The number of benzene rings is 1. The zero-order valence-corrected chi connectivity index (χ0v) is 12.3. The molecule has 0 radical (unpaired) electrons. The Morgan fingerprint density at radius 3 is 2.85 bits per heavy atom. The minimum atomic E-state index is -0.565. The molecule has 3 unspecified atom stereocenters. The van der Waals surface area contributed by atoms with Crippen LogP contribution in [0.1, 0.15) is 62.5 Å². The first-order valence-electron chi connectivity index (χ1n) is 7.92. The molecule has 1 aromatic rings. The number of hydrogen-bond donors (Lipinski definition) is 1. The van der Waals surface area contributed by atoms with Gasteiger partial charge >= 0.3 is 5.97 Å². The zero-order valence-electron chi connectivity index (χ0n) is 12.3. The third-order valence-electron chi connectivity index (χ3n) is 5.44. The van der Waals surface area contributed by atoms with Gasteiger partial charge < -0.3 is 5.11 Å². The van der Waals surface area contributed by atoms with Crippen molar-refractivity contribution in [3.8, 4) is 0 Å². The Bertz CT molecular complexity index is 508. The van der Waals surface area contributed by atoms with E-state index in [1.165, 1.54) is 17.5 Å². The second kappa shape index (κ2) is 5.23. The van der Waals surface area contributed by atoms with E-state index in [2.05, 4.69) is 31.2 Å². The van der Waals surface area contributed by atoms with Crippen molar-refractivity contribution in [2.24, 2.45) is 11.3 Å². The number of hydrogen-bond acceptors (Lipinski definition) is 1. The highest BCUT2D eigenvalue weighted by atomic mass is 16.4. The normalized spacial score (nSPS) is 32.9. The molecule has 108 valence electrons. The van der Waals surface area contributed by atoms with Gasteiger partial charge in [0.05, 0.1) is 5.41 Å². The summed E-state index contributed by atoms with van der Waals surface area (Å²) < 4.78 is 0. The Morgan fingerprint density at radius 1 is 1.35 bits per heavy atom. The quantitative estimate of drug-likeness (QED) is 0.886. The zero-order chi connectivity index (χ0) is 14.2. The Morgan fingerprint density at radius 2 is 2.15 bits per heavy atom. The summed E-state index contributed by atoms with van der Waals surface area (Å²) in [6.45, 7) is 2.19. The second-order valence-electron chi connectivity index (χ2n) is 6.93. The fourth-order valence-corrected chi connectivity index (χ4v) is 4.40. The van der Waals surface area contributed by atoms with Gasteiger partial charge in [0.15, 0.2) is 0 Å². The molecule has 3 rings (SSSR count). The molecular weight excluding hydrogens is 248 g/mol. The molecule has 1 saturated carbocycles. The van der Waals surface area contributed by atoms with Crippen molar-refractivity contribution < 1.29 is 9.90 Å². The van der Waals surface area contributed by atoms with Crippen LogP contribution in [0.5, 0.6) is 0 Å². The van der Waals surface area contributed by atoms with Crippen molar-refractivity contribution in [1.82, 2.24) is 0 Å². The highest BCUT2D eigenvalue weighted by Crippen LogP contribution is 2.50. The van der Waals surface area contributed by atoms with Crippen molar-refractivity contribution in [2.75, 3.05) is 0 Å². The van der Waals surface area contributed by atoms with E-state index in [-0.39, 0.29) is 0 Å².